The fourth-order valence-electron chi connectivity index (χ4n) is 1.11. The Morgan fingerprint density at radius 1 is 1.78 bits per heavy atom. The maximum atomic E-state index is 3.25. The summed E-state index contributed by atoms with van der Waals surface area (Å²) in [6.45, 7) is 4.60. The molecular weight excluding hydrogens is 130 g/mol. The van der Waals surface area contributed by atoms with E-state index in [1.807, 2.05) is 7.05 Å². The van der Waals surface area contributed by atoms with Crippen molar-refractivity contribution in [2.75, 3.05) is 7.05 Å². The predicted molar refractivity (Wildman–Crippen MR) is 43.8 cm³/mol. The van der Waals surface area contributed by atoms with Gasteiger partial charge in [0.25, 0.3) is 0 Å². The molecule has 0 radical (unpaired) electrons. The zero-order valence-electron chi connectivity index (χ0n) is 6.40. The average molecular weight is 145 g/mol. The lowest BCUT2D eigenvalue weighted by Gasteiger charge is -2.43. The summed E-state index contributed by atoms with van der Waals surface area (Å²) in [5.74, 6) is 0. The van der Waals surface area contributed by atoms with E-state index in [1.54, 1.807) is 0 Å². The van der Waals surface area contributed by atoms with Crippen LogP contribution in [0.3, 0.4) is 0 Å². The van der Waals surface area contributed by atoms with Crippen molar-refractivity contribution in [2.24, 2.45) is 0 Å². The molecule has 1 aliphatic heterocycles. The zero-order valence-corrected chi connectivity index (χ0v) is 7.22. The van der Waals surface area contributed by atoms with Gasteiger partial charge in [0.05, 0.1) is 5.37 Å². The summed E-state index contributed by atoms with van der Waals surface area (Å²) in [6, 6.07) is 0. The Kier molecular flexibility index (Phi) is 2.07. The first kappa shape index (κ1) is 7.42. The molecule has 2 heteroatoms. The molecule has 1 saturated heterocycles. The third-order valence-corrected chi connectivity index (χ3v) is 3.83. The van der Waals surface area contributed by atoms with Gasteiger partial charge >= 0.3 is 0 Å². The van der Waals surface area contributed by atoms with Gasteiger partial charge in [0, 0.05) is 4.75 Å². The van der Waals surface area contributed by atoms with Crippen molar-refractivity contribution in [3.05, 3.63) is 0 Å². The van der Waals surface area contributed by atoms with Gasteiger partial charge in [-0.1, -0.05) is 13.8 Å². The van der Waals surface area contributed by atoms with Crippen LogP contribution < -0.4 is 5.32 Å². The van der Waals surface area contributed by atoms with Crippen LogP contribution in [-0.2, 0) is 0 Å². The first-order chi connectivity index (χ1) is 4.20. The average Bonchev–Trinajstić information content (AvgIpc) is 1.81. The fourth-order valence-corrected chi connectivity index (χ4v) is 2.50. The van der Waals surface area contributed by atoms with Crippen molar-refractivity contribution >= 4 is 11.8 Å². The summed E-state index contributed by atoms with van der Waals surface area (Å²) in [5, 5.41) is 3.99. The molecule has 0 bridgehead atoms. The van der Waals surface area contributed by atoms with Crippen LogP contribution in [0.4, 0.5) is 0 Å². The summed E-state index contributed by atoms with van der Waals surface area (Å²) >= 11 is 2.06. The molecule has 2 atom stereocenters. The van der Waals surface area contributed by atoms with Gasteiger partial charge in [-0.15, -0.1) is 11.8 Å². The Hall–Kier alpha value is 0.310. The topological polar surface area (TPSA) is 12.0 Å². The van der Waals surface area contributed by atoms with Gasteiger partial charge in [0.1, 0.15) is 0 Å². The Morgan fingerprint density at radius 3 is 2.67 bits per heavy atom. The molecule has 1 nitrogen and oxygen atoms in total. The quantitative estimate of drug-likeness (QED) is 0.636. The number of hydrogen-bond donors (Lipinski definition) is 1. The van der Waals surface area contributed by atoms with Crippen molar-refractivity contribution in [1.82, 2.24) is 5.32 Å². The lowest BCUT2D eigenvalue weighted by atomic mass is 10.0. The van der Waals surface area contributed by atoms with Gasteiger partial charge in [-0.05, 0) is 19.9 Å². The number of rotatable bonds is 2. The molecule has 1 heterocycles. The molecule has 0 aromatic carbocycles. The number of thioether (sulfide) groups is 1. The molecule has 0 aliphatic carbocycles. The van der Waals surface area contributed by atoms with Gasteiger partial charge in [-0.2, -0.15) is 0 Å². The van der Waals surface area contributed by atoms with Gasteiger partial charge in [-0.3, -0.25) is 0 Å². The highest BCUT2D eigenvalue weighted by atomic mass is 32.2. The van der Waals surface area contributed by atoms with E-state index in [2.05, 4.69) is 30.9 Å². The van der Waals surface area contributed by atoms with E-state index in [0.29, 0.717) is 4.75 Å². The van der Waals surface area contributed by atoms with Crippen LogP contribution in [0, 0.1) is 0 Å². The van der Waals surface area contributed by atoms with Crippen molar-refractivity contribution < 1.29 is 0 Å². The monoisotopic (exact) mass is 145 g/mol. The van der Waals surface area contributed by atoms with Gasteiger partial charge in [-0.25, -0.2) is 0 Å². The van der Waals surface area contributed by atoms with Crippen LogP contribution >= 0.6 is 11.8 Å². The van der Waals surface area contributed by atoms with Gasteiger partial charge in [0.2, 0.25) is 0 Å². The predicted octanol–water partition coefficient (Wildman–Crippen LogP) is 1.84. The second-order valence-electron chi connectivity index (χ2n) is 2.90. The molecule has 1 aliphatic rings. The molecular formula is C7H15NS. The highest BCUT2D eigenvalue weighted by molar-refractivity contribution is 8.02. The van der Waals surface area contributed by atoms with E-state index in [4.69, 9.17) is 0 Å². The van der Waals surface area contributed by atoms with Crippen LogP contribution in [0.5, 0.6) is 0 Å². The number of hydrogen-bond acceptors (Lipinski definition) is 2. The van der Waals surface area contributed by atoms with E-state index >= 15 is 0 Å². The fraction of sp³-hybridized carbons (Fsp3) is 1.00. The second kappa shape index (κ2) is 2.51. The van der Waals surface area contributed by atoms with Crippen LogP contribution in [0.1, 0.15) is 26.7 Å². The minimum absolute atomic E-state index is 0.591. The normalized spacial score (nSPS) is 42.3. The molecule has 54 valence electrons. The van der Waals surface area contributed by atoms with E-state index in [-0.39, 0.29) is 0 Å². The standard InChI is InChI=1S/C7H15NS/c1-4-7(2)5-6(8-3)9-7/h6,8H,4-5H2,1-3H3/t6?,7-/m1/s1. The van der Waals surface area contributed by atoms with E-state index in [0.717, 1.165) is 5.37 Å². The smallest absolute Gasteiger partial charge is 0.0548 e. The molecule has 1 rings (SSSR count). The molecule has 0 saturated carbocycles. The second-order valence-corrected chi connectivity index (χ2v) is 4.69. The lowest BCUT2D eigenvalue weighted by Crippen LogP contribution is -2.44. The molecule has 1 unspecified atom stereocenters. The highest BCUT2D eigenvalue weighted by Gasteiger charge is 2.38. The molecule has 9 heavy (non-hydrogen) atoms. The van der Waals surface area contributed by atoms with Gasteiger partial charge in [0.15, 0.2) is 0 Å². The summed E-state index contributed by atoms with van der Waals surface area (Å²) in [7, 11) is 2.03. The molecule has 0 aromatic heterocycles. The minimum Gasteiger partial charge on any atom is -0.308 e. The summed E-state index contributed by atoms with van der Waals surface area (Å²) in [4.78, 5) is 0. The lowest BCUT2D eigenvalue weighted by molar-refractivity contribution is 0.474. The van der Waals surface area contributed by atoms with Gasteiger partial charge < -0.3 is 5.32 Å². The SMILES string of the molecule is CC[C@]1(C)CC(NC)S1. The molecule has 1 fully saturated rings. The third-order valence-electron chi connectivity index (χ3n) is 2.11. The van der Waals surface area contributed by atoms with Crippen molar-refractivity contribution in [3.8, 4) is 0 Å². The molecule has 1 N–H and O–H groups in total. The molecule has 0 spiro atoms. The van der Waals surface area contributed by atoms with E-state index < -0.39 is 0 Å². The van der Waals surface area contributed by atoms with E-state index in [1.165, 1.54) is 12.8 Å². The maximum absolute atomic E-state index is 3.25. The van der Waals surface area contributed by atoms with Crippen molar-refractivity contribution in [3.63, 3.8) is 0 Å². The summed E-state index contributed by atoms with van der Waals surface area (Å²) < 4.78 is 0.591. The van der Waals surface area contributed by atoms with Crippen molar-refractivity contribution in [2.45, 2.75) is 36.8 Å². The minimum atomic E-state index is 0.591. The highest BCUT2D eigenvalue weighted by Crippen LogP contribution is 2.47. The Labute approximate surface area is 61.6 Å². The van der Waals surface area contributed by atoms with Crippen LogP contribution in [0.25, 0.3) is 0 Å². The Bertz CT molecular complexity index is 97.1. The molecule has 0 aromatic rings. The Morgan fingerprint density at radius 2 is 2.33 bits per heavy atom. The zero-order chi connectivity index (χ0) is 6.91. The first-order valence-electron chi connectivity index (χ1n) is 3.55. The van der Waals surface area contributed by atoms with Crippen LogP contribution in [0.2, 0.25) is 0 Å². The maximum Gasteiger partial charge on any atom is 0.0548 e. The van der Waals surface area contributed by atoms with E-state index in [9.17, 15) is 0 Å². The largest absolute Gasteiger partial charge is 0.308 e. The Balaban J connectivity index is 2.24. The summed E-state index contributed by atoms with van der Waals surface area (Å²) in [5.41, 5.74) is 0. The third kappa shape index (κ3) is 1.41. The van der Waals surface area contributed by atoms with Crippen LogP contribution in [-0.4, -0.2) is 17.2 Å². The number of nitrogens with one attached hydrogen (secondary N) is 1. The summed E-state index contributed by atoms with van der Waals surface area (Å²) in [6.07, 6.45) is 2.64. The van der Waals surface area contributed by atoms with Crippen molar-refractivity contribution in [1.29, 1.82) is 0 Å². The first-order valence-corrected chi connectivity index (χ1v) is 4.43. The van der Waals surface area contributed by atoms with Crippen LogP contribution in [0.15, 0.2) is 0 Å². The molecule has 0 amide bonds.